The number of halogens is 1. The molecule has 0 saturated carbocycles. The lowest BCUT2D eigenvalue weighted by molar-refractivity contribution is 0.0761. The molecule has 148 valence electrons. The van der Waals surface area contributed by atoms with Gasteiger partial charge in [-0.05, 0) is 37.1 Å². The van der Waals surface area contributed by atoms with Crippen molar-refractivity contribution < 1.29 is 9.18 Å². The number of piperazine rings is 1. The number of carbonyl (C=O) groups is 1. The molecular formula is C22H27FN4O. The summed E-state index contributed by atoms with van der Waals surface area (Å²) in [5.41, 5.74) is 1.36. The van der Waals surface area contributed by atoms with Crippen LogP contribution in [-0.4, -0.2) is 55.1 Å². The van der Waals surface area contributed by atoms with E-state index in [4.69, 9.17) is 0 Å². The third-order valence-corrected chi connectivity index (χ3v) is 5.68. The van der Waals surface area contributed by atoms with Gasteiger partial charge in [-0.3, -0.25) is 4.79 Å². The summed E-state index contributed by atoms with van der Waals surface area (Å²) in [4.78, 5) is 23.6. The van der Waals surface area contributed by atoms with Crippen molar-refractivity contribution in [2.24, 2.45) is 0 Å². The first-order valence-corrected chi connectivity index (χ1v) is 10.2. The average molecular weight is 382 g/mol. The molecule has 0 bridgehead atoms. The van der Waals surface area contributed by atoms with Crippen LogP contribution in [0, 0.1) is 5.82 Å². The number of aromatic nitrogens is 1. The fourth-order valence-electron chi connectivity index (χ4n) is 4.07. The highest BCUT2D eigenvalue weighted by molar-refractivity contribution is 5.94. The van der Waals surface area contributed by atoms with Crippen LogP contribution in [0.25, 0.3) is 0 Å². The van der Waals surface area contributed by atoms with Gasteiger partial charge in [-0.25, -0.2) is 9.37 Å². The first kappa shape index (κ1) is 18.7. The van der Waals surface area contributed by atoms with Gasteiger partial charge in [0.1, 0.15) is 11.6 Å². The molecule has 1 amide bonds. The van der Waals surface area contributed by atoms with Crippen molar-refractivity contribution in [3.05, 3.63) is 54.0 Å². The van der Waals surface area contributed by atoms with E-state index in [0.717, 1.165) is 57.9 Å². The van der Waals surface area contributed by atoms with Gasteiger partial charge >= 0.3 is 0 Å². The Bertz CT molecular complexity index is 812. The molecule has 0 atom stereocenters. The molecule has 3 heterocycles. The van der Waals surface area contributed by atoms with E-state index in [0.29, 0.717) is 11.3 Å². The third-order valence-electron chi connectivity index (χ3n) is 5.68. The Morgan fingerprint density at radius 3 is 2.25 bits per heavy atom. The Morgan fingerprint density at radius 1 is 0.857 bits per heavy atom. The fraction of sp³-hybridized carbons (Fsp3) is 0.455. The molecule has 6 heteroatoms. The fourth-order valence-corrected chi connectivity index (χ4v) is 4.07. The number of para-hydroxylation sites is 1. The highest BCUT2D eigenvalue weighted by Gasteiger charge is 2.22. The van der Waals surface area contributed by atoms with Gasteiger partial charge in [-0.15, -0.1) is 0 Å². The van der Waals surface area contributed by atoms with Gasteiger partial charge in [0.25, 0.3) is 5.91 Å². The quantitative estimate of drug-likeness (QED) is 0.814. The maximum Gasteiger partial charge on any atom is 0.254 e. The number of benzene rings is 1. The van der Waals surface area contributed by atoms with Gasteiger partial charge < -0.3 is 14.7 Å². The molecule has 2 fully saturated rings. The monoisotopic (exact) mass is 382 g/mol. The molecule has 0 unspecified atom stereocenters. The third kappa shape index (κ3) is 4.11. The summed E-state index contributed by atoms with van der Waals surface area (Å²) in [5, 5.41) is 0. The van der Waals surface area contributed by atoms with E-state index in [1.54, 1.807) is 12.3 Å². The van der Waals surface area contributed by atoms with E-state index in [1.807, 2.05) is 29.2 Å². The Labute approximate surface area is 165 Å². The average Bonchev–Trinajstić information content (AvgIpc) is 3.03. The predicted octanol–water partition coefficient (Wildman–Crippen LogP) is 3.56. The van der Waals surface area contributed by atoms with Crippen molar-refractivity contribution >= 4 is 17.4 Å². The molecule has 28 heavy (non-hydrogen) atoms. The summed E-state index contributed by atoms with van der Waals surface area (Å²) < 4.78 is 14.0. The maximum atomic E-state index is 14.0. The number of hydrogen-bond donors (Lipinski definition) is 0. The van der Waals surface area contributed by atoms with Crippen molar-refractivity contribution in [2.75, 3.05) is 49.1 Å². The summed E-state index contributed by atoms with van der Waals surface area (Å²) in [7, 11) is 0. The van der Waals surface area contributed by atoms with Gasteiger partial charge in [0.15, 0.2) is 0 Å². The van der Waals surface area contributed by atoms with Crippen LogP contribution in [0.3, 0.4) is 0 Å². The number of rotatable bonds is 3. The first-order chi connectivity index (χ1) is 13.7. The Balaban J connectivity index is 1.42. The zero-order valence-corrected chi connectivity index (χ0v) is 16.2. The highest BCUT2D eigenvalue weighted by atomic mass is 19.1. The SMILES string of the molecule is O=C(c1ccnc(N2CCN(c3ccccc3F)CC2)c1)N1CCCCCC1. The summed E-state index contributed by atoms with van der Waals surface area (Å²) in [6.45, 7) is 4.65. The maximum absolute atomic E-state index is 14.0. The molecule has 2 saturated heterocycles. The number of nitrogens with zero attached hydrogens (tertiary/aromatic N) is 4. The summed E-state index contributed by atoms with van der Waals surface area (Å²) in [5.74, 6) is 0.753. The van der Waals surface area contributed by atoms with Crippen molar-refractivity contribution in [2.45, 2.75) is 25.7 Å². The van der Waals surface area contributed by atoms with Gasteiger partial charge in [0.2, 0.25) is 0 Å². The molecule has 0 aliphatic carbocycles. The van der Waals surface area contributed by atoms with Crippen LogP contribution in [-0.2, 0) is 0 Å². The molecule has 5 nitrogen and oxygen atoms in total. The van der Waals surface area contributed by atoms with Crippen LogP contribution < -0.4 is 9.80 Å². The summed E-state index contributed by atoms with van der Waals surface area (Å²) in [6.07, 6.45) is 6.31. The van der Waals surface area contributed by atoms with E-state index >= 15 is 0 Å². The molecule has 0 radical (unpaired) electrons. The molecule has 1 aromatic heterocycles. The Hall–Kier alpha value is -2.63. The van der Waals surface area contributed by atoms with Crippen molar-refractivity contribution in [1.29, 1.82) is 0 Å². The van der Waals surface area contributed by atoms with Crippen molar-refractivity contribution in [3.8, 4) is 0 Å². The topological polar surface area (TPSA) is 39.7 Å². The lowest BCUT2D eigenvalue weighted by Gasteiger charge is -2.37. The van der Waals surface area contributed by atoms with Crippen molar-refractivity contribution in [3.63, 3.8) is 0 Å². The van der Waals surface area contributed by atoms with Gasteiger partial charge in [0.05, 0.1) is 5.69 Å². The largest absolute Gasteiger partial charge is 0.366 e. The molecule has 2 aliphatic rings. The van der Waals surface area contributed by atoms with Crippen LogP contribution in [0.15, 0.2) is 42.6 Å². The second kappa shape index (κ2) is 8.59. The van der Waals surface area contributed by atoms with Crippen LogP contribution in [0.5, 0.6) is 0 Å². The predicted molar refractivity (Wildman–Crippen MR) is 109 cm³/mol. The molecule has 0 N–H and O–H groups in total. The molecule has 2 aliphatic heterocycles. The zero-order valence-electron chi connectivity index (χ0n) is 16.2. The lowest BCUT2D eigenvalue weighted by Crippen LogP contribution is -2.47. The van der Waals surface area contributed by atoms with E-state index < -0.39 is 0 Å². The number of hydrogen-bond acceptors (Lipinski definition) is 4. The van der Waals surface area contributed by atoms with E-state index in [9.17, 15) is 9.18 Å². The number of amides is 1. The van der Waals surface area contributed by atoms with Crippen LogP contribution >= 0.6 is 0 Å². The van der Waals surface area contributed by atoms with E-state index in [-0.39, 0.29) is 11.7 Å². The smallest absolute Gasteiger partial charge is 0.254 e. The van der Waals surface area contributed by atoms with Gasteiger partial charge in [0, 0.05) is 51.0 Å². The molecule has 0 spiro atoms. The summed E-state index contributed by atoms with van der Waals surface area (Å²) >= 11 is 0. The second-order valence-electron chi connectivity index (χ2n) is 7.53. The second-order valence-corrected chi connectivity index (χ2v) is 7.53. The van der Waals surface area contributed by atoms with Crippen LogP contribution in [0.1, 0.15) is 36.0 Å². The molecule has 4 rings (SSSR count). The Kier molecular flexibility index (Phi) is 5.74. The zero-order chi connectivity index (χ0) is 19.3. The van der Waals surface area contributed by atoms with E-state index in [2.05, 4.69) is 14.8 Å². The van der Waals surface area contributed by atoms with Crippen molar-refractivity contribution in [1.82, 2.24) is 9.88 Å². The molecule has 1 aromatic carbocycles. The molecule has 2 aromatic rings. The van der Waals surface area contributed by atoms with Gasteiger partial charge in [-0.1, -0.05) is 25.0 Å². The molecular weight excluding hydrogens is 355 g/mol. The number of pyridine rings is 1. The lowest BCUT2D eigenvalue weighted by atomic mass is 10.2. The normalized spacial score (nSPS) is 18.1. The minimum atomic E-state index is -0.181. The Morgan fingerprint density at radius 2 is 1.54 bits per heavy atom. The van der Waals surface area contributed by atoms with Crippen LogP contribution in [0.2, 0.25) is 0 Å². The van der Waals surface area contributed by atoms with Crippen LogP contribution in [0.4, 0.5) is 15.9 Å². The number of anilines is 2. The summed E-state index contributed by atoms with van der Waals surface area (Å²) in [6, 6.07) is 10.6. The highest BCUT2D eigenvalue weighted by Crippen LogP contribution is 2.23. The van der Waals surface area contributed by atoms with Gasteiger partial charge in [-0.2, -0.15) is 0 Å². The van der Waals surface area contributed by atoms with E-state index in [1.165, 1.54) is 18.9 Å². The first-order valence-electron chi connectivity index (χ1n) is 10.2. The minimum Gasteiger partial charge on any atom is -0.366 e. The minimum absolute atomic E-state index is 0.107. The standard InChI is InChI=1S/C22H27FN4O/c23-19-7-3-4-8-20(19)25-13-15-26(16-14-25)21-17-18(9-10-24-21)22(28)27-11-5-1-2-6-12-27/h3-4,7-10,17H,1-2,5-6,11-16H2. The number of likely N-dealkylation sites (tertiary alicyclic amines) is 1. The number of carbonyl (C=O) groups excluding carboxylic acids is 1.